The molecule has 0 aliphatic carbocycles. The number of halogens is 1. The van der Waals surface area contributed by atoms with Crippen molar-refractivity contribution in [3.63, 3.8) is 0 Å². The first kappa shape index (κ1) is 16.0. The molecule has 1 N–H and O–H groups in total. The molecule has 9 heteroatoms. The van der Waals surface area contributed by atoms with Gasteiger partial charge in [0.25, 0.3) is 0 Å². The topological polar surface area (TPSA) is 85.7 Å². The summed E-state index contributed by atoms with van der Waals surface area (Å²) in [6, 6.07) is 1.64. The number of hydrogen-bond acceptors (Lipinski definition) is 6. The Labute approximate surface area is 131 Å². The minimum Gasteiger partial charge on any atom is -0.374 e. The number of hydrogen-bond donors (Lipinski definition) is 1. The molecule has 0 spiro atoms. The van der Waals surface area contributed by atoms with Gasteiger partial charge in [-0.05, 0) is 25.1 Å². The molecular weight excluding hydrogens is 314 g/mol. The summed E-state index contributed by atoms with van der Waals surface area (Å²) in [5.74, 6) is 0.506. The second kappa shape index (κ2) is 7.58. The maximum absolute atomic E-state index is 11.6. The van der Waals surface area contributed by atoms with Crippen molar-refractivity contribution in [2.45, 2.75) is 43.6 Å². The Balaban J connectivity index is 2.23. The highest BCUT2D eigenvalue weighted by Crippen LogP contribution is 2.25. The van der Waals surface area contributed by atoms with E-state index in [4.69, 9.17) is 16.3 Å². The highest BCUT2D eigenvalue weighted by Gasteiger charge is 2.12. The summed E-state index contributed by atoms with van der Waals surface area (Å²) >= 11 is 7.25. The summed E-state index contributed by atoms with van der Waals surface area (Å²) in [6.45, 7) is 5.37. The van der Waals surface area contributed by atoms with Crippen LogP contribution in [-0.2, 0) is 17.9 Å². The molecule has 0 bridgehead atoms. The Kier molecular flexibility index (Phi) is 5.77. The van der Waals surface area contributed by atoms with Crippen molar-refractivity contribution >= 4 is 23.4 Å². The summed E-state index contributed by atoms with van der Waals surface area (Å²) in [5.41, 5.74) is -0.228. The standard InChI is InChI=1S/C12H16ClN5O2S/c1-3-5-18-11(19)16-17-12(18)21-10-6-8(13)14-9(15-10)7-20-4-2/h6H,3-5,7H2,1-2H3,(H,16,19). The van der Waals surface area contributed by atoms with E-state index >= 15 is 0 Å². The first-order valence-electron chi connectivity index (χ1n) is 6.58. The average molecular weight is 330 g/mol. The predicted octanol–water partition coefficient (Wildman–Crippen LogP) is 2.11. The highest BCUT2D eigenvalue weighted by atomic mass is 35.5. The molecule has 0 fully saturated rings. The zero-order valence-corrected chi connectivity index (χ0v) is 13.4. The molecule has 2 aromatic rings. The summed E-state index contributed by atoms with van der Waals surface area (Å²) in [6.07, 6.45) is 0.840. The Morgan fingerprint density at radius 3 is 2.95 bits per heavy atom. The fraction of sp³-hybridized carbons (Fsp3) is 0.500. The van der Waals surface area contributed by atoms with Crippen LogP contribution in [0.4, 0.5) is 0 Å². The summed E-state index contributed by atoms with van der Waals surface area (Å²) in [5, 5.41) is 7.96. The quantitative estimate of drug-likeness (QED) is 0.783. The molecule has 0 saturated heterocycles. The third-order valence-electron chi connectivity index (χ3n) is 2.52. The number of rotatable bonds is 7. The van der Waals surface area contributed by atoms with E-state index in [9.17, 15) is 4.79 Å². The maximum Gasteiger partial charge on any atom is 0.343 e. The lowest BCUT2D eigenvalue weighted by molar-refractivity contribution is 0.128. The Hall–Kier alpha value is -1.38. The van der Waals surface area contributed by atoms with Crippen molar-refractivity contribution in [1.82, 2.24) is 24.7 Å². The molecule has 0 amide bonds. The molecule has 2 rings (SSSR count). The average Bonchev–Trinajstić information content (AvgIpc) is 2.78. The molecule has 0 aromatic carbocycles. The first-order valence-corrected chi connectivity index (χ1v) is 7.77. The molecule has 7 nitrogen and oxygen atoms in total. The predicted molar refractivity (Wildman–Crippen MR) is 79.6 cm³/mol. The van der Waals surface area contributed by atoms with Gasteiger partial charge in [-0.25, -0.2) is 19.9 Å². The van der Waals surface area contributed by atoms with Gasteiger partial charge in [-0.15, -0.1) is 5.10 Å². The third kappa shape index (κ3) is 4.29. The molecular formula is C12H16ClN5O2S. The van der Waals surface area contributed by atoms with Crippen LogP contribution in [0.2, 0.25) is 5.15 Å². The Bertz CT molecular complexity index is 657. The number of H-pyrrole nitrogens is 1. The van der Waals surface area contributed by atoms with Crippen LogP contribution in [0.5, 0.6) is 0 Å². The van der Waals surface area contributed by atoms with Gasteiger partial charge in [-0.2, -0.15) is 0 Å². The second-order valence-corrected chi connectivity index (χ2v) is 5.52. The maximum atomic E-state index is 11.6. The van der Waals surface area contributed by atoms with Gasteiger partial charge in [0.15, 0.2) is 11.0 Å². The van der Waals surface area contributed by atoms with Gasteiger partial charge in [-0.3, -0.25) is 4.57 Å². The van der Waals surface area contributed by atoms with E-state index in [1.54, 1.807) is 10.6 Å². The molecule has 114 valence electrons. The van der Waals surface area contributed by atoms with E-state index in [1.807, 2.05) is 13.8 Å². The van der Waals surface area contributed by atoms with Gasteiger partial charge < -0.3 is 4.74 Å². The van der Waals surface area contributed by atoms with Gasteiger partial charge in [0.05, 0.1) is 0 Å². The smallest absolute Gasteiger partial charge is 0.343 e. The van der Waals surface area contributed by atoms with E-state index in [0.717, 1.165) is 6.42 Å². The lowest BCUT2D eigenvalue weighted by Crippen LogP contribution is -2.17. The number of aromatic nitrogens is 5. The second-order valence-electron chi connectivity index (χ2n) is 4.15. The lowest BCUT2D eigenvalue weighted by Gasteiger charge is -2.05. The number of aromatic amines is 1. The van der Waals surface area contributed by atoms with Crippen LogP contribution in [0.3, 0.4) is 0 Å². The molecule has 0 atom stereocenters. The van der Waals surface area contributed by atoms with Gasteiger partial charge in [0.1, 0.15) is 16.8 Å². The van der Waals surface area contributed by atoms with Gasteiger partial charge in [0, 0.05) is 19.2 Å². The van der Waals surface area contributed by atoms with Gasteiger partial charge in [-0.1, -0.05) is 18.5 Å². The van der Waals surface area contributed by atoms with Crippen molar-refractivity contribution < 1.29 is 4.74 Å². The number of nitrogens with zero attached hydrogens (tertiary/aromatic N) is 4. The van der Waals surface area contributed by atoms with E-state index in [1.165, 1.54) is 11.8 Å². The number of nitrogens with one attached hydrogen (secondary N) is 1. The molecule has 0 aliphatic heterocycles. The van der Waals surface area contributed by atoms with Crippen LogP contribution in [0.25, 0.3) is 0 Å². The molecule has 2 heterocycles. The van der Waals surface area contributed by atoms with Crippen molar-refractivity contribution in [3.05, 3.63) is 27.5 Å². The van der Waals surface area contributed by atoms with Crippen molar-refractivity contribution in [3.8, 4) is 0 Å². The highest BCUT2D eigenvalue weighted by molar-refractivity contribution is 7.99. The molecule has 2 aromatic heterocycles. The minimum absolute atomic E-state index is 0.228. The van der Waals surface area contributed by atoms with Crippen molar-refractivity contribution in [2.24, 2.45) is 0 Å². The molecule has 0 radical (unpaired) electrons. The van der Waals surface area contributed by atoms with Crippen LogP contribution in [-0.4, -0.2) is 31.3 Å². The molecule has 0 unspecified atom stereocenters. The monoisotopic (exact) mass is 329 g/mol. The summed E-state index contributed by atoms with van der Waals surface area (Å²) in [7, 11) is 0. The zero-order valence-electron chi connectivity index (χ0n) is 11.8. The third-order valence-corrected chi connectivity index (χ3v) is 3.63. The van der Waals surface area contributed by atoms with Gasteiger partial charge in [0.2, 0.25) is 0 Å². The normalized spacial score (nSPS) is 11.0. The first-order chi connectivity index (χ1) is 10.1. The van der Waals surface area contributed by atoms with E-state index in [-0.39, 0.29) is 5.69 Å². The van der Waals surface area contributed by atoms with Crippen LogP contribution in [0.1, 0.15) is 26.1 Å². The molecule has 21 heavy (non-hydrogen) atoms. The summed E-state index contributed by atoms with van der Waals surface area (Å²) < 4.78 is 6.85. The van der Waals surface area contributed by atoms with Crippen LogP contribution >= 0.6 is 23.4 Å². The van der Waals surface area contributed by atoms with Crippen molar-refractivity contribution in [1.29, 1.82) is 0 Å². The van der Waals surface area contributed by atoms with Crippen molar-refractivity contribution in [2.75, 3.05) is 6.61 Å². The van der Waals surface area contributed by atoms with Gasteiger partial charge >= 0.3 is 5.69 Å². The number of ether oxygens (including phenoxy) is 1. The fourth-order valence-electron chi connectivity index (χ4n) is 1.65. The summed E-state index contributed by atoms with van der Waals surface area (Å²) in [4.78, 5) is 20.1. The van der Waals surface area contributed by atoms with E-state index in [0.29, 0.717) is 40.9 Å². The minimum atomic E-state index is -0.228. The van der Waals surface area contributed by atoms with Crippen LogP contribution in [0.15, 0.2) is 21.0 Å². The van der Waals surface area contributed by atoms with E-state index in [2.05, 4.69) is 20.2 Å². The van der Waals surface area contributed by atoms with E-state index < -0.39 is 0 Å². The lowest BCUT2D eigenvalue weighted by atomic mass is 10.5. The molecule has 0 saturated carbocycles. The largest absolute Gasteiger partial charge is 0.374 e. The zero-order chi connectivity index (χ0) is 15.2. The van der Waals surface area contributed by atoms with Crippen LogP contribution in [0, 0.1) is 0 Å². The molecule has 0 aliphatic rings. The fourth-order valence-corrected chi connectivity index (χ4v) is 2.80. The Morgan fingerprint density at radius 1 is 1.43 bits per heavy atom. The SMILES string of the molecule is CCCn1c(Sc2cc(Cl)nc(COCC)n2)n[nH]c1=O. The van der Waals surface area contributed by atoms with Crippen LogP contribution < -0.4 is 5.69 Å². The Morgan fingerprint density at radius 2 is 2.24 bits per heavy atom.